The van der Waals surface area contributed by atoms with Gasteiger partial charge in [-0.25, -0.2) is 4.98 Å². The highest BCUT2D eigenvalue weighted by molar-refractivity contribution is 6.16. The summed E-state index contributed by atoms with van der Waals surface area (Å²) in [6.07, 6.45) is 1.73. The van der Waals surface area contributed by atoms with Crippen molar-refractivity contribution in [3.8, 4) is 11.3 Å². The first-order valence-corrected chi connectivity index (χ1v) is 5.33. The Kier molecular flexibility index (Phi) is 2.78. The highest BCUT2D eigenvalue weighted by atomic mass is 35.5. The molecule has 1 aromatic heterocycles. The van der Waals surface area contributed by atoms with Crippen LogP contribution in [-0.4, -0.2) is 4.98 Å². The molecule has 1 aromatic carbocycles. The van der Waals surface area contributed by atoms with Crippen molar-refractivity contribution in [2.24, 2.45) is 0 Å². The van der Waals surface area contributed by atoms with E-state index in [1.807, 2.05) is 6.07 Å². The Labute approximate surface area is 93.9 Å². The molecule has 0 amide bonds. The van der Waals surface area contributed by atoms with Crippen LogP contribution in [0.5, 0.6) is 0 Å². The number of nitrogens with zero attached hydrogens (tertiary/aromatic N) is 1. The van der Waals surface area contributed by atoms with Crippen molar-refractivity contribution in [1.29, 1.82) is 0 Å². The molecule has 2 rings (SSSR count). The zero-order chi connectivity index (χ0) is 10.8. The van der Waals surface area contributed by atoms with E-state index in [-0.39, 0.29) is 0 Å². The third-order valence-electron chi connectivity index (χ3n) is 2.40. The van der Waals surface area contributed by atoms with E-state index in [0.29, 0.717) is 11.8 Å². The van der Waals surface area contributed by atoms with Gasteiger partial charge in [0.1, 0.15) is 0 Å². The highest BCUT2D eigenvalue weighted by Crippen LogP contribution is 2.27. The average molecular weight is 222 g/mol. The fraction of sp³-hybridized carbons (Fsp3) is 0.250. The lowest BCUT2D eigenvalue weighted by Gasteiger charge is -2.05. The zero-order valence-corrected chi connectivity index (χ0v) is 9.51. The summed E-state index contributed by atoms with van der Waals surface area (Å²) < 4.78 is 5.54. The summed E-state index contributed by atoms with van der Waals surface area (Å²) in [5.74, 6) is 1.67. The molecular formula is C12H12ClNO. The number of alkyl halides is 1. The number of benzene rings is 1. The number of oxazole rings is 1. The Hall–Kier alpha value is -1.28. The van der Waals surface area contributed by atoms with Crippen LogP contribution in [0.2, 0.25) is 0 Å². The van der Waals surface area contributed by atoms with Crippen LogP contribution in [0.4, 0.5) is 0 Å². The first-order valence-electron chi connectivity index (χ1n) is 4.79. The van der Waals surface area contributed by atoms with Crippen LogP contribution in [0.1, 0.15) is 17.0 Å². The second kappa shape index (κ2) is 4.07. The summed E-state index contributed by atoms with van der Waals surface area (Å²) >= 11 is 5.65. The van der Waals surface area contributed by atoms with Crippen LogP contribution in [0.25, 0.3) is 11.3 Å². The second-order valence-electron chi connectivity index (χ2n) is 3.52. The first kappa shape index (κ1) is 10.2. The van der Waals surface area contributed by atoms with E-state index in [9.17, 15) is 0 Å². The third kappa shape index (κ3) is 1.90. The number of rotatable bonds is 2. The van der Waals surface area contributed by atoms with Crippen molar-refractivity contribution >= 4 is 11.6 Å². The monoisotopic (exact) mass is 221 g/mol. The number of halogens is 1. The molecule has 0 spiro atoms. The predicted molar refractivity (Wildman–Crippen MR) is 61.0 cm³/mol. The van der Waals surface area contributed by atoms with E-state index >= 15 is 0 Å². The van der Waals surface area contributed by atoms with E-state index in [4.69, 9.17) is 16.0 Å². The van der Waals surface area contributed by atoms with Crippen LogP contribution in [0.15, 0.2) is 28.8 Å². The van der Waals surface area contributed by atoms with E-state index in [1.165, 1.54) is 11.1 Å². The van der Waals surface area contributed by atoms with E-state index in [2.05, 4.69) is 31.0 Å². The number of aromatic nitrogens is 1. The zero-order valence-electron chi connectivity index (χ0n) is 8.75. The Balaban J connectivity index is 2.53. The third-order valence-corrected chi connectivity index (χ3v) is 2.62. The molecule has 0 aliphatic carbocycles. The number of hydrogen-bond donors (Lipinski definition) is 0. The van der Waals surface area contributed by atoms with Gasteiger partial charge in [-0.05, 0) is 25.0 Å². The van der Waals surface area contributed by atoms with Crippen molar-refractivity contribution in [2.75, 3.05) is 0 Å². The van der Waals surface area contributed by atoms with Crippen molar-refractivity contribution in [1.82, 2.24) is 4.98 Å². The van der Waals surface area contributed by atoms with E-state index in [0.717, 1.165) is 11.3 Å². The Bertz CT molecular complexity index is 456. The van der Waals surface area contributed by atoms with E-state index < -0.39 is 0 Å². The molecule has 0 fully saturated rings. The molecular weight excluding hydrogens is 210 g/mol. The normalized spacial score (nSPS) is 10.6. The molecule has 0 saturated carbocycles. The van der Waals surface area contributed by atoms with Crippen LogP contribution in [0, 0.1) is 13.8 Å². The average Bonchev–Trinajstić information content (AvgIpc) is 2.66. The molecule has 0 radical (unpaired) electrons. The molecule has 1 heterocycles. The molecule has 0 N–H and O–H groups in total. The Morgan fingerprint density at radius 1 is 1.27 bits per heavy atom. The van der Waals surface area contributed by atoms with Crippen LogP contribution in [0.3, 0.4) is 0 Å². The maximum atomic E-state index is 5.65. The molecule has 2 nitrogen and oxygen atoms in total. The fourth-order valence-electron chi connectivity index (χ4n) is 1.69. The summed E-state index contributed by atoms with van der Waals surface area (Å²) in [4.78, 5) is 4.09. The number of aryl methyl sites for hydroxylation is 2. The van der Waals surface area contributed by atoms with Gasteiger partial charge in [-0.2, -0.15) is 0 Å². The maximum absolute atomic E-state index is 5.65. The number of hydrogen-bond acceptors (Lipinski definition) is 2. The summed E-state index contributed by atoms with van der Waals surface area (Å²) in [5.41, 5.74) is 3.49. The predicted octanol–water partition coefficient (Wildman–Crippen LogP) is 3.70. The molecule has 3 heteroatoms. The molecule has 15 heavy (non-hydrogen) atoms. The summed E-state index contributed by atoms with van der Waals surface area (Å²) in [5, 5.41) is 0. The largest absolute Gasteiger partial charge is 0.439 e. The standard InChI is InChI=1S/C12H12ClNO/c1-8-4-3-5-9(2)12(8)10-7-14-11(6-13)15-10/h3-5,7H,6H2,1-2H3. The minimum Gasteiger partial charge on any atom is -0.439 e. The Morgan fingerprint density at radius 3 is 2.47 bits per heavy atom. The highest BCUT2D eigenvalue weighted by Gasteiger charge is 2.10. The molecule has 2 aromatic rings. The van der Waals surface area contributed by atoms with Gasteiger partial charge in [0.25, 0.3) is 0 Å². The minimum atomic E-state index is 0.310. The van der Waals surface area contributed by atoms with Gasteiger partial charge in [-0.1, -0.05) is 18.2 Å². The van der Waals surface area contributed by atoms with Crippen molar-refractivity contribution in [3.05, 3.63) is 41.4 Å². The van der Waals surface area contributed by atoms with Gasteiger partial charge in [0, 0.05) is 5.56 Å². The summed E-state index contributed by atoms with van der Waals surface area (Å²) in [7, 11) is 0. The first-order chi connectivity index (χ1) is 7.22. The summed E-state index contributed by atoms with van der Waals surface area (Å²) in [6, 6.07) is 6.16. The molecule has 0 saturated heterocycles. The van der Waals surface area contributed by atoms with Crippen LogP contribution in [-0.2, 0) is 5.88 Å². The van der Waals surface area contributed by atoms with E-state index in [1.54, 1.807) is 6.20 Å². The second-order valence-corrected chi connectivity index (χ2v) is 3.79. The van der Waals surface area contributed by atoms with Gasteiger partial charge in [0.05, 0.1) is 12.1 Å². The van der Waals surface area contributed by atoms with Gasteiger partial charge in [0.2, 0.25) is 5.89 Å². The molecule has 0 atom stereocenters. The van der Waals surface area contributed by atoms with Gasteiger partial charge >= 0.3 is 0 Å². The Morgan fingerprint density at radius 2 is 1.93 bits per heavy atom. The molecule has 0 aliphatic heterocycles. The maximum Gasteiger partial charge on any atom is 0.209 e. The lowest BCUT2D eigenvalue weighted by atomic mass is 10.0. The lowest BCUT2D eigenvalue weighted by molar-refractivity contribution is 0.528. The quantitative estimate of drug-likeness (QED) is 0.723. The van der Waals surface area contributed by atoms with Crippen molar-refractivity contribution in [2.45, 2.75) is 19.7 Å². The van der Waals surface area contributed by atoms with Gasteiger partial charge in [0.15, 0.2) is 5.76 Å². The molecule has 0 unspecified atom stereocenters. The molecule has 0 bridgehead atoms. The van der Waals surface area contributed by atoms with Crippen molar-refractivity contribution in [3.63, 3.8) is 0 Å². The molecule has 0 aliphatic rings. The van der Waals surface area contributed by atoms with Gasteiger partial charge in [-0.15, -0.1) is 11.6 Å². The fourth-order valence-corrected chi connectivity index (χ4v) is 1.81. The lowest BCUT2D eigenvalue weighted by Crippen LogP contribution is -1.85. The smallest absolute Gasteiger partial charge is 0.209 e. The van der Waals surface area contributed by atoms with Crippen LogP contribution < -0.4 is 0 Å². The summed E-state index contributed by atoms with van der Waals surface area (Å²) in [6.45, 7) is 4.12. The molecule has 78 valence electrons. The van der Waals surface area contributed by atoms with Crippen molar-refractivity contribution < 1.29 is 4.42 Å². The van der Waals surface area contributed by atoms with Crippen LogP contribution >= 0.6 is 11.6 Å². The van der Waals surface area contributed by atoms with Gasteiger partial charge in [-0.3, -0.25) is 0 Å². The topological polar surface area (TPSA) is 26.0 Å². The van der Waals surface area contributed by atoms with Gasteiger partial charge < -0.3 is 4.42 Å². The SMILES string of the molecule is Cc1cccc(C)c1-c1cnc(CCl)o1. The minimum absolute atomic E-state index is 0.310.